The number of Topliss-reactive ketones (excluding diaryl/α,β-unsaturated/α-hetero) is 1. The third-order valence-corrected chi connectivity index (χ3v) is 3.32. The van der Waals surface area contributed by atoms with Gasteiger partial charge in [-0.05, 0) is 18.6 Å². The van der Waals surface area contributed by atoms with Crippen molar-refractivity contribution < 1.29 is 19.4 Å². The van der Waals surface area contributed by atoms with Gasteiger partial charge in [0, 0.05) is 12.0 Å². The van der Waals surface area contributed by atoms with Gasteiger partial charge in [-0.15, -0.1) is 0 Å². The van der Waals surface area contributed by atoms with Gasteiger partial charge in [-0.25, -0.2) is 4.79 Å². The van der Waals surface area contributed by atoms with Crippen LogP contribution in [0.3, 0.4) is 0 Å². The Morgan fingerprint density at radius 2 is 1.95 bits per heavy atom. The van der Waals surface area contributed by atoms with Crippen LogP contribution in [0.5, 0.6) is 5.75 Å². The van der Waals surface area contributed by atoms with Gasteiger partial charge >= 0.3 is 5.97 Å². The molecule has 0 radical (unpaired) electrons. The van der Waals surface area contributed by atoms with Crippen LogP contribution in [0.4, 0.5) is 0 Å². The topological polar surface area (TPSA) is 63.6 Å². The van der Waals surface area contributed by atoms with Crippen molar-refractivity contribution in [3.8, 4) is 5.75 Å². The Balaban J connectivity index is 2.90. The molecule has 1 aromatic carbocycles. The average molecular weight is 305 g/mol. The van der Waals surface area contributed by atoms with Crippen LogP contribution in [-0.4, -0.2) is 23.5 Å². The second kappa shape index (κ2) is 7.36. The first-order valence-corrected chi connectivity index (χ1v) is 6.58. The van der Waals surface area contributed by atoms with Crippen molar-refractivity contribution in [3.05, 3.63) is 27.7 Å². The molecule has 0 amide bonds. The lowest BCUT2D eigenvalue weighted by molar-refractivity contribution is -0.139. The van der Waals surface area contributed by atoms with Gasteiger partial charge < -0.3 is 9.84 Å². The van der Waals surface area contributed by atoms with Crippen LogP contribution in [0.2, 0.25) is 10.0 Å². The number of ketones is 1. The SMILES string of the molecule is CCCCC(=O)c1ccc(OCC(=O)O)c(Cl)c1Cl. The summed E-state index contributed by atoms with van der Waals surface area (Å²) in [6.07, 6.45) is 2.10. The van der Waals surface area contributed by atoms with Crippen LogP contribution in [0.15, 0.2) is 12.1 Å². The summed E-state index contributed by atoms with van der Waals surface area (Å²) in [7, 11) is 0. The molecule has 1 N–H and O–H groups in total. The van der Waals surface area contributed by atoms with Gasteiger partial charge in [0.2, 0.25) is 0 Å². The van der Waals surface area contributed by atoms with Crippen molar-refractivity contribution in [2.45, 2.75) is 26.2 Å². The number of hydrogen-bond donors (Lipinski definition) is 1. The first-order valence-electron chi connectivity index (χ1n) is 5.83. The standard InChI is InChI=1S/C13H14Cl2O4/c1-2-3-4-9(16)8-5-6-10(13(15)12(8)14)19-7-11(17)18/h5-6H,2-4,7H2,1H3,(H,17,18). The van der Waals surface area contributed by atoms with Gasteiger partial charge in [0.25, 0.3) is 0 Å². The highest BCUT2D eigenvalue weighted by Gasteiger charge is 2.16. The molecule has 0 heterocycles. The lowest BCUT2D eigenvalue weighted by Crippen LogP contribution is -2.10. The molecular weight excluding hydrogens is 291 g/mol. The minimum absolute atomic E-state index is 0.0604. The number of rotatable bonds is 7. The summed E-state index contributed by atoms with van der Waals surface area (Å²) in [4.78, 5) is 22.3. The fourth-order valence-corrected chi connectivity index (χ4v) is 1.95. The number of hydrogen-bond acceptors (Lipinski definition) is 3. The van der Waals surface area contributed by atoms with E-state index in [0.29, 0.717) is 12.0 Å². The highest BCUT2D eigenvalue weighted by Crippen LogP contribution is 2.35. The van der Waals surface area contributed by atoms with E-state index < -0.39 is 12.6 Å². The summed E-state index contributed by atoms with van der Waals surface area (Å²) in [6, 6.07) is 2.96. The van der Waals surface area contributed by atoms with Gasteiger partial charge in [-0.3, -0.25) is 4.79 Å². The molecule has 0 spiro atoms. The second-order valence-electron chi connectivity index (χ2n) is 3.95. The minimum atomic E-state index is -1.12. The zero-order valence-electron chi connectivity index (χ0n) is 10.4. The number of aliphatic carboxylic acids is 1. The zero-order chi connectivity index (χ0) is 14.4. The smallest absolute Gasteiger partial charge is 0.341 e. The van der Waals surface area contributed by atoms with Crippen LogP contribution in [0.1, 0.15) is 36.5 Å². The molecular formula is C13H14Cl2O4. The number of benzene rings is 1. The van der Waals surface area contributed by atoms with Gasteiger partial charge in [-0.1, -0.05) is 36.5 Å². The first kappa shape index (κ1) is 15.8. The summed E-state index contributed by atoms with van der Waals surface area (Å²) < 4.78 is 4.97. The molecule has 0 aliphatic heterocycles. The van der Waals surface area contributed by atoms with Crippen LogP contribution < -0.4 is 4.74 Å². The molecule has 0 fully saturated rings. The summed E-state index contributed by atoms with van der Waals surface area (Å²) in [5, 5.41) is 8.68. The lowest BCUT2D eigenvalue weighted by Gasteiger charge is -2.10. The molecule has 1 aromatic rings. The summed E-state index contributed by atoms with van der Waals surface area (Å²) in [5.74, 6) is -1.05. The molecule has 0 saturated heterocycles. The number of carbonyl (C=O) groups excluding carboxylic acids is 1. The summed E-state index contributed by atoms with van der Waals surface area (Å²) >= 11 is 12.0. The van der Waals surface area contributed by atoms with Gasteiger partial charge in [0.05, 0.1) is 5.02 Å². The molecule has 0 bridgehead atoms. The molecule has 0 aliphatic rings. The Labute approximate surface area is 121 Å². The molecule has 104 valence electrons. The van der Waals surface area contributed by atoms with Gasteiger partial charge in [0.1, 0.15) is 10.8 Å². The van der Waals surface area contributed by atoms with E-state index in [0.717, 1.165) is 12.8 Å². The third-order valence-electron chi connectivity index (χ3n) is 2.46. The zero-order valence-corrected chi connectivity index (χ0v) is 11.9. The predicted molar refractivity (Wildman–Crippen MR) is 73.4 cm³/mol. The molecule has 0 unspecified atom stereocenters. The molecule has 0 aromatic heterocycles. The number of carboxylic acids is 1. The van der Waals surface area contributed by atoms with E-state index in [9.17, 15) is 9.59 Å². The molecule has 0 saturated carbocycles. The number of carboxylic acid groups (broad SMARTS) is 1. The van der Waals surface area contributed by atoms with Crippen molar-refractivity contribution in [2.75, 3.05) is 6.61 Å². The number of ether oxygens (including phenoxy) is 1. The Morgan fingerprint density at radius 3 is 2.53 bits per heavy atom. The quantitative estimate of drug-likeness (QED) is 0.778. The molecule has 0 atom stereocenters. The molecule has 1 rings (SSSR count). The highest BCUT2D eigenvalue weighted by molar-refractivity contribution is 6.44. The fraction of sp³-hybridized carbons (Fsp3) is 0.385. The van der Waals surface area contributed by atoms with E-state index in [4.69, 9.17) is 33.0 Å². The Hall–Kier alpha value is -1.26. The van der Waals surface area contributed by atoms with Gasteiger partial charge in [0.15, 0.2) is 12.4 Å². The van der Waals surface area contributed by atoms with Crippen LogP contribution in [0.25, 0.3) is 0 Å². The fourth-order valence-electron chi connectivity index (χ4n) is 1.47. The van der Waals surface area contributed by atoms with E-state index in [1.165, 1.54) is 12.1 Å². The number of unbranched alkanes of at least 4 members (excludes halogenated alkanes) is 1. The lowest BCUT2D eigenvalue weighted by atomic mass is 10.1. The van der Waals surface area contributed by atoms with Crippen molar-refractivity contribution in [1.29, 1.82) is 0 Å². The van der Waals surface area contributed by atoms with Gasteiger partial charge in [-0.2, -0.15) is 0 Å². The van der Waals surface area contributed by atoms with Crippen LogP contribution in [-0.2, 0) is 4.79 Å². The van der Waals surface area contributed by atoms with Crippen molar-refractivity contribution in [3.63, 3.8) is 0 Å². The first-order chi connectivity index (χ1) is 8.97. The molecule has 19 heavy (non-hydrogen) atoms. The highest BCUT2D eigenvalue weighted by atomic mass is 35.5. The van der Waals surface area contributed by atoms with Crippen LogP contribution >= 0.6 is 23.2 Å². The predicted octanol–water partition coefficient (Wildman–Crippen LogP) is 3.83. The van der Waals surface area contributed by atoms with Crippen molar-refractivity contribution >= 4 is 35.0 Å². The largest absolute Gasteiger partial charge is 0.480 e. The Kier molecular flexibility index (Phi) is 6.12. The van der Waals surface area contributed by atoms with E-state index in [-0.39, 0.29) is 21.6 Å². The van der Waals surface area contributed by atoms with Crippen LogP contribution in [0, 0.1) is 0 Å². The van der Waals surface area contributed by atoms with Crippen molar-refractivity contribution in [2.24, 2.45) is 0 Å². The second-order valence-corrected chi connectivity index (χ2v) is 4.70. The maximum Gasteiger partial charge on any atom is 0.341 e. The normalized spacial score (nSPS) is 10.3. The maximum atomic E-state index is 11.9. The van der Waals surface area contributed by atoms with Crippen molar-refractivity contribution in [1.82, 2.24) is 0 Å². The number of carbonyl (C=O) groups is 2. The molecule has 0 aliphatic carbocycles. The average Bonchev–Trinajstić information content (AvgIpc) is 2.37. The Morgan fingerprint density at radius 1 is 1.26 bits per heavy atom. The Bertz CT molecular complexity index is 486. The molecule has 6 heteroatoms. The number of halogens is 2. The maximum absolute atomic E-state index is 11.9. The minimum Gasteiger partial charge on any atom is -0.480 e. The third kappa shape index (κ3) is 4.40. The van der Waals surface area contributed by atoms with E-state index in [1.807, 2.05) is 6.92 Å². The summed E-state index contributed by atoms with van der Waals surface area (Å²) in [6.45, 7) is 1.48. The summed E-state index contributed by atoms with van der Waals surface area (Å²) in [5.41, 5.74) is 0.336. The van der Waals surface area contributed by atoms with E-state index >= 15 is 0 Å². The monoisotopic (exact) mass is 304 g/mol. The van der Waals surface area contributed by atoms with E-state index in [1.54, 1.807) is 0 Å². The molecule has 4 nitrogen and oxygen atoms in total. The van der Waals surface area contributed by atoms with E-state index in [2.05, 4.69) is 0 Å².